The summed E-state index contributed by atoms with van der Waals surface area (Å²) in [4.78, 5) is 0. The molecule has 0 fully saturated rings. The smallest absolute Gasteiger partial charge is 0.206 e. The first kappa shape index (κ1) is 12.7. The minimum Gasteiger partial charge on any atom is -1.00 e. The number of hydrogen-bond donors (Lipinski definition) is 1. The van der Waals surface area contributed by atoms with Crippen molar-refractivity contribution in [1.29, 1.82) is 0 Å². The van der Waals surface area contributed by atoms with Gasteiger partial charge in [-0.05, 0) is 0 Å². The number of aliphatic hydroxyl groups excluding tert-OH is 1. The number of benzene rings is 1. The van der Waals surface area contributed by atoms with Crippen molar-refractivity contribution in [2.75, 3.05) is 6.61 Å². The maximum Gasteiger partial charge on any atom is 0.206 e. The molecule has 0 spiro atoms. The van der Waals surface area contributed by atoms with Gasteiger partial charge in [0.25, 0.3) is 0 Å². The van der Waals surface area contributed by atoms with E-state index >= 15 is 0 Å². The Hall–Kier alpha value is -1.38. The Morgan fingerprint density at radius 3 is 2.06 bits per heavy atom. The van der Waals surface area contributed by atoms with E-state index in [9.17, 15) is 5.11 Å². The number of aromatic nitrogens is 1. The fraction of sp³-hybridized carbons (Fsp3) is 0.154. The van der Waals surface area contributed by atoms with Crippen molar-refractivity contribution in [3.8, 4) is 0 Å². The Balaban J connectivity index is 0.00000128. The lowest BCUT2D eigenvalue weighted by Gasteiger charge is -2.09. The predicted molar refractivity (Wildman–Crippen MR) is 58.3 cm³/mol. The molecule has 16 heavy (non-hydrogen) atoms. The highest BCUT2D eigenvalue weighted by Gasteiger charge is 2.18. The van der Waals surface area contributed by atoms with Crippen molar-refractivity contribution in [1.82, 2.24) is 0 Å². The van der Waals surface area contributed by atoms with Crippen molar-refractivity contribution in [2.45, 2.75) is 6.04 Å². The molecule has 1 N–H and O–H groups in total. The third kappa shape index (κ3) is 2.81. The van der Waals surface area contributed by atoms with Gasteiger partial charge >= 0.3 is 0 Å². The molecule has 0 unspecified atom stereocenters. The van der Waals surface area contributed by atoms with E-state index in [2.05, 4.69) is 0 Å². The first-order valence-electron chi connectivity index (χ1n) is 5.03. The fourth-order valence-electron chi connectivity index (χ4n) is 1.67. The highest BCUT2D eigenvalue weighted by molar-refractivity contribution is 5.17. The number of pyridine rings is 1. The largest absolute Gasteiger partial charge is 1.00 e. The van der Waals surface area contributed by atoms with Crippen LogP contribution in [0.1, 0.15) is 11.6 Å². The SMILES string of the molecule is OC[C@H](c1ccccc1)[n+]1ccccc1.[Cl-]. The molecule has 3 heteroatoms. The summed E-state index contributed by atoms with van der Waals surface area (Å²) in [5, 5.41) is 9.41. The van der Waals surface area contributed by atoms with Gasteiger partial charge in [-0.1, -0.05) is 36.4 Å². The highest BCUT2D eigenvalue weighted by atomic mass is 35.5. The normalized spacial score (nSPS) is 11.6. The third-order valence-corrected chi connectivity index (χ3v) is 2.46. The maximum absolute atomic E-state index is 9.41. The van der Waals surface area contributed by atoms with Gasteiger partial charge in [0.1, 0.15) is 6.61 Å². The molecule has 0 bridgehead atoms. The summed E-state index contributed by atoms with van der Waals surface area (Å²) in [7, 11) is 0. The van der Waals surface area contributed by atoms with Crippen LogP contribution in [0.3, 0.4) is 0 Å². The van der Waals surface area contributed by atoms with Crippen molar-refractivity contribution in [3.05, 3.63) is 66.5 Å². The Kier molecular flexibility index (Phi) is 4.96. The maximum atomic E-state index is 9.41. The van der Waals surface area contributed by atoms with Gasteiger partial charge in [-0.15, -0.1) is 0 Å². The Morgan fingerprint density at radius 1 is 0.938 bits per heavy atom. The molecule has 0 aliphatic rings. The van der Waals surface area contributed by atoms with Crippen molar-refractivity contribution < 1.29 is 22.1 Å². The Labute approximate surface area is 102 Å². The third-order valence-electron chi connectivity index (χ3n) is 2.46. The second kappa shape index (κ2) is 6.26. The predicted octanol–water partition coefficient (Wildman–Crippen LogP) is -1.44. The quantitative estimate of drug-likeness (QED) is 0.648. The molecule has 0 aliphatic carbocycles. The van der Waals surface area contributed by atoms with Gasteiger partial charge in [0.05, 0.1) is 0 Å². The lowest BCUT2D eigenvalue weighted by molar-refractivity contribution is -0.715. The zero-order valence-electron chi connectivity index (χ0n) is 8.83. The number of halogens is 1. The zero-order chi connectivity index (χ0) is 10.5. The summed E-state index contributed by atoms with van der Waals surface area (Å²) in [6, 6.07) is 15.9. The zero-order valence-corrected chi connectivity index (χ0v) is 9.59. The molecular formula is C13H14ClNO. The van der Waals surface area contributed by atoms with E-state index in [1.54, 1.807) is 0 Å². The summed E-state index contributed by atoms with van der Waals surface area (Å²) in [6.45, 7) is 0.110. The standard InChI is InChI=1S/C13H14NO.ClH/c15-11-13(12-7-3-1-4-8-12)14-9-5-2-6-10-14;/h1-10,13,15H,11H2;1H/q+1;/p-1/t13-;/m1./s1. The molecule has 0 radical (unpaired) electrons. The summed E-state index contributed by atoms with van der Waals surface area (Å²) in [6.07, 6.45) is 3.93. The van der Waals surface area contributed by atoms with E-state index in [1.165, 1.54) is 0 Å². The van der Waals surface area contributed by atoms with Crippen LogP contribution >= 0.6 is 0 Å². The molecule has 1 atom stereocenters. The van der Waals surface area contributed by atoms with E-state index in [4.69, 9.17) is 0 Å². The molecule has 0 saturated carbocycles. The molecule has 2 aromatic rings. The number of hydrogen-bond acceptors (Lipinski definition) is 1. The van der Waals surface area contributed by atoms with E-state index in [1.807, 2.05) is 65.5 Å². The number of rotatable bonds is 3. The van der Waals surface area contributed by atoms with Gasteiger partial charge in [0, 0.05) is 17.7 Å². The minimum atomic E-state index is 0. The molecule has 0 amide bonds. The van der Waals surface area contributed by atoms with Gasteiger partial charge in [-0.25, -0.2) is 0 Å². The Morgan fingerprint density at radius 2 is 1.50 bits per heavy atom. The summed E-state index contributed by atoms with van der Waals surface area (Å²) >= 11 is 0. The first-order valence-corrected chi connectivity index (χ1v) is 5.03. The van der Waals surface area contributed by atoms with E-state index < -0.39 is 0 Å². The van der Waals surface area contributed by atoms with E-state index in [0.717, 1.165) is 5.56 Å². The number of aliphatic hydroxyl groups is 1. The first-order chi connectivity index (χ1) is 7.42. The highest BCUT2D eigenvalue weighted by Crippen LogP contribution is 2.10. The molecule has 1 heterocycles. The lowest BCUT2D eigenvalue weighted by atomic mass is 10.1. The van der Waals surface area contributed by atoms with Crippen molar-refractivity contribution in [2.24, 2.45) is 0 Å². The Bertz CT molecular complexity index is 365. The molecule has 2 nitrogen and oxygen atoms in total. The van der Waals surface area contributed by atoms with Crippen LogP contribution in [0.2, 0.25) is 0 Å². The number of nitrogens with zero attached hydrogens (tertiary/aromatic N) is 1. The van der Waals surface area contributed by atoms with Gasteiger partial charge in [-0.2, -0.15) is 4.57 Å². The van der Waals surface area contributed by atoms with Crippen LogP contribution in [0.5, 0.6) is 0 Å². The molecule has 2 rings (SSSR count). The van der Waals surface area contributed by atoms with Crippen LogP contribution < -0.4 is 17.0 Å². The molecule has 1 aromatic heterocycles. The van der Waals surface area contributed by atoms with Gasteiger partial charge < -0.3 is 17.5 Å². The van der Waals surface area contributed by atoms with Crippen LogP contribution in [0.4, 0.5) is 0 Å². The van der Waals surface area contributed by atoms with E-state index in [-0.39, 0.29) is 25.1 Å². The fourth-order valence-corrected chi connectivity index (χ4v) is 1.67. The van der Waals surface area contributed by atoms with E-state index in [0.29, 0.717) is 0 Å². The topological polar surface area (TPSA) is 24.1 Å². The second-order valence-electron chi connectivity index (χ2n) is 3.43. The van der Waals surface area contributed by atoms with Crippen LogP contribution in [0.15, 0.2) is 60.9 Å². The second-order valence-corrected chi connectivity index (χ2v) is 3.43. The van der Waals surface area contributed by atoms with Gasteiger partial charge in [0.2, 0.25) is 6.04 Å². The van der Waals surface area contributed by atoms with Gasteiger partial charge in [-0.3, -0.25) is 0 Å². The van der Waals surface area contributed by atoms with Crippen LogP contribution in [0, 0.1) is 0 Å². The van der Waals surface area contributed by atoms with Gasteiger partial charge in [0.15, 0.2) is 12.4 Å². The monoisotopic (exact) mass is 235 g/mol. The van der Waals surface area contributed by atoms with Crippen molar-refractivity contribution >= 4 is 0 Å². The minimum absolute atomic E-state index is 0. The molecular weight excluding hydrogens is 222 g/mol. The molecule has 1 aromatic carbocycles. The molecule has 84 valence electrons. The average Bonchev–Trinajstić information content (AvgIpc) is 2.33. The lowest BCUT2D eigenvalue weighted by Crippen LogP contribution is -3.00. The summed E-state index contributed by atoms with van der Waals surface area (Å²) < 4.78 is 2.01. The summed E-state index contributed by atoms with van der Waals surface area (Å²) in [5.41, 5.74) is 1.12. The van der Waals surface area contributed by atoms with Crippen LogP contribution in [-0.4, -0.2) is 11.7 Å². The molecule has 0 aliphatic heterocycles. The van der Waals surface area contributed by atoms with Crippen molar-refractivity contribution in [3.63, 3.8) is 0 Å². The average molecular weight is 236 g/mol. The summed E-state index contributed by atoms with van der Waals surface area (Å²) in [5.74, 6) is 0. The van der Waals surface area contributed by atoms with Crippen LogP contribution in [0.25, 0.3) is 0 Å². The molecule has 0 saturated heterocycles. The van der Waals surface area contributed by atoms with Crippen LogP contribution in [-0.2, 0) is 0 Å².